The number of anilines is 1. The van der Waals surface area contributed by atoms with Crippen molar-refractivity contribution in [3.05, 3.63) is 26.4 Å². The summed E-state index contributed by atoms with van der Waals surface area (Å²) in [5, 5.41) is 9.05. The molecule has 84 valence electrons. The minimum absolute atomic E-state index is 0.114. The van der Waals surface area contributed by atoms with Crippen LogP contribution < -0.4 is 4.90 Å². The molecule has 1 heterocycles. The molecule has 0 aromatic heterocycles. The van der Waals surface area contributed by atoms with Crippen LogP contribution in [0.2, 0.25) is 0 Å². The Bertz CT molecular complexity index is 462. The van der Waals surface area contributed by atoms with Gasteiger partial charge < -0.3 is 4.90 Å². The Hall–Kier alpha value is -0.600. The highest BCUT2D eigenvalue weighted by molar-refractivity contribution is 9.11. The van der Waals surface area contributed by atoms with Crippen LogP contribution in [0, 0.1) is 17.1 Å². The second-order valence-corrected chi connectivity index (χ2v) is 5.39. The van der Waals surface area contributed by atoms with Crippen molar-refractivity contribution >= 4 is 37.5 Å². The van der Waals surface area contributed by atoms with Gasteiger partial charge in [-0.1, -0.05) is 0 Å². The molecule has 0 saturated carbocycles. The highest BCUT2D eigenvalue weighted by Crippen LogP contribution is 2.37. The normalized spacial score (nSPS) is 15.2. The molecule has 0 atom stereocenters. The average Bonchev–Trinajstić information content (AvgIpc) is 2.76. The maximum absolute atomic E-state index is 13.8. The van der Waals surface area contributed by atoms with Gasteiger partial charge in [-0.15, -0.1) is 0 Å². The van der Waals surface area contributed by atoms with Gasteiger partial charge in [0, 0.05) is 17.6 Å². The fourth-order valence-electron chi connectivity index (χ4n) is 1.94. The molecule has 0 radical (unpaired) electrons. The van der Waals surface area contributed by atoms with Gasteiger partial charge in [0.1, 0.15) is 11.6 Å². The summed E-state index contributed by atoms with van der Waals surface area (Å²) in [6, 6.07) is 3.60. The third-order valence-electron chi connectivity index (χ3n) is 2.68. The minimum atomic E-state index is -0.479. The van der Waals surface area contributed by atoms with Crippen LogP contribution >= 0.6 is 31.9 Å². The van der Waals surface area contributed by atoms with Crippen LogP contribution in [0.5, 0.6) is 0 Å². The number of halogens is 3. The predicted molar refractivity (Wildman–Crippen MR) is 68.0 cm³/mol. The standard InChI is InChI=1S/C11H9Br2FN2/c12-8-5-9(13)11(7(6-15)10(8)14)16-3-1-2-4-16/h5H,1-4H2. The fourth-order valence-corrected chi connectivity index (χ4v) is 3.35. The molecular weight excluding hydrogens is 339 g/mol. The van der Waals surface area contributed by atoms with Crippen molar-refractivity contribution < 1.29 is 4.39 Å². The first kappa shape index (κ1) is 11.9. The molecule has 1 aromatic rings. The van der Waals surface area contributed by atoms with Gasteiger partial charge in [0.2, 0.25) is 0 Å². The molecule has 5 heteroatoms. The lowest BCUT2D eigenvalue weighted by atomic mass is 10.1. The molecule has 16 heavy (non-hydrogen) atoms. The summed E-state index contributed by atoms with van der Waals surface area (Å²) in [7, 11) is 0. The Morgan fingerprint density at radius 1 is 1.25 bits per heavy atom. The molecule has 1 aliphatic heterocycles. The molecule has 0 N–H and O–H groups in total. The number of benzene rings is 1. The second-order valence-electron chi connectivity index (χ2n) is 3.68. The van der Waals surface area contributed by atoms with Crippen molar-refractivity contribution in [3.8, 4) is 6.07 Å². The summed E-state index contributed by atoms with van der Waals surface area (Å²) in [5.74, 6) is -0.479. The molecular formula is C11H9Br2FN2. The van der Waals surface area contributed by atoms with Gasteiger partial charge in [-0.05, 0) is 50.8 Å². The van der Waals surface area contributed by atoms with E-state index >= 15 is 0 Å². The molecule has 0 aliphatic carbocycles. The first-order chi connectivity index (χ1) is 7.65. The third-order valence-corrected chi connectivity index (χ3v) is 3.86. The van der Waals surface area contributed by atoms with E-state index in [1.807, 2.05) is 6.07 Å². The summed E-state index contributed by atoms with van der Waals surface area (Å²) in [6.45, 7) is 1.77. The van der Waals surface area contributed by atoms with Crippen LogP contribution in [0.1, 0.15) is 18.4 Å². The van der Waals surface area contributed by atoms with E-state index in [0.717, 1.165) is 30.4 Å². The molecule has 0 amide bonds. The predicted octanol–water partition coefficient (Wildman–Crippen LogP) is 3.82. The van der Waals surface area contributed by atoms with Gasteiger partial charge in [0.25, 0.3) is 0 Å². The van der Waals surface area contributed by atoms with Crippen LogP contribution in [0.4, 0.5) is 10.1 Å². The number of hydrogen-bond acceptors (Lipinski definition) is 2. The molecule has 1 fully saturated rings. The molecule has 2 rings (SSSR count). The lowest BCUT2D eigenvalue weighted by molar-refractivity contribution is 0.616. The third kappa shape index (κ3) is 1.96. The highest BCUT2D eigenvalue weighted by atomic mass is 79.9. The number of nitrogens with zero attached hydrogens (tertiary/aromatic N) is 2. The van der Waals surface area contributed by atoms with Crippen LogP contribution in [-0.4, -0.2) is 13.1 Å². The Labute approximate surface area is 110 Å². The summed E-state index contributed by atoms with van der Waals surface area (Å²) in [4.78, 5) is 2.05. The summed E-state index contributed by atoms with van der Waals surface area (Å²) >= 11 is 6.50. The summed E-state index contributed by atoms with van der Waals surface area (Å²) in [5.41, 5.74) is 0.795. The van der Waals surface area contributed by atoms with E-state index in [1.165, 1.54) is 0 Å². The zero-order valence-corrected chi connectivity index (χ0v) is 11.6. The van der Waals surface area contributed by atoms with E-state index in [-0.39, 0.29) is 5.56 Å². The minimum Gasteiger partial charge on any atom is -0.369 e. The second kappa shape index (κ2) is 4.72. The quantitative estimate of drug-likeness (QED) is 0.722. The van der Waals surface area contributed by atoms with Crippen LogP contribution in [0.25, 0.3) is 0 Å². The monoisotopic (exact) mass is 346 g/mol. The molecule has 0 spiro atoms. The molecule has 1 aliphatic rings. The lowest BCUT2D eigenvalue weighted by Crippen LogP contribution is -2.20. The van der Waals surface area contributed by atoms with E-state index in [1.54, 1.807) is 6.07 Å². The topological polar surface area (TPSA) is 27.0 Å². The van der Waals surface area contributed by atoms with Gasteiger partial charge in [-0.25, -0.2) is 4.39 Å². The van der Waals surface area contributed by atoms with Gasteiger partial charge in [0.05, 0.1) is 10.2 Å². The summed E-state index contributed by atoms with van der Waals surface area (Å²) in [6.07, 6.45) is 2.18. The largest absolute Gasteiger partial charge is 0.369 e. The van der Waals surface area contributed by atoms with Crippen LogP contribution in [0.15, 0.2) is 15.0 Å². The summed E-state index contributed by atoms with van der Waals surface area (Å²) < 4.78 is 14.9. The van der Waals surface area contributed by atoms with E-state index < -0.39 is 5.82 Å². The number of hydrogen-bond donors (Lipinski definition) is 0. The smallest absolute Gasteiger partial charge is 0.157 e. The van der Waals surface area contributed by atoms with Crippen molar-refractivity contribution in [2.45, 2.75) is 12.8 Å². The Kier molecular flexibility index (Phi) is 3.50. The first-order valence-electron chi connectivity index (χ1n) is 4.97. The maximum atomic E-state index is 13.8. The molecule has 2 nitrogen and oxygen atoms in total. The molecule has 1 saturated heterocycles. The van der Waals surface area contributed by atoms with Crippen molar-refractivity contribution in [1.82, 2.24) is 0 Å². The fraction of sp³-hybridized carbons (Fsp3) is 0.364. The van der Waals surface area contributed by atoms with Crippen molar-refractivity contribution in [2.75, 3.05) is 18.0 Å². The van der Waals surface area contributed by atoms with Crippen molar-refractivity contribution in [2.24, 2.45) is 0 Å². The highest BCUT2D eigenvalue weighted by Gasteiger charge is 2.22. The van der Waals surface area contributed by atoms with E-state index in [0.29, 0.717) is 10.2 Å². The van der Waals surface area contributed by atoms with Crippen molar-refractivity contribution in [3.63, 3.8) is 0 Å². The molecule has 1 aromatic carbocycles. The van der Waals surface area contributed by atoms with Gasteiger partial charge >= 0.3 is 0 Å². The van der Waals surface area contributed by atoms with Crippen molar-refractivity contribution in [1.29, 1.82) is 5.26 Å². The Balaban J connectivity index is 2.59. The van der Waals surface area contributed by atoms with Gasteiger partial charge in [-0.2, -0.15) is 5.26 Å². The lowest BCUT2D eigenvalue weighted by Gasteiger charge is -2.21. The number of rotatable bonds is 1. The van der Waals surface area contributed by atoms with Crippen LogP contribution in [-0.2, 0) is 0 Å². The van der Waals surface area contributed by atoms with Gasteiger partial charge in [0.15, 0.2) is 5.82 Å². The zero-order valence-electron chi connectivity index (χ0n) is 8.43. The zero-order chi connectivity index (χ0) is 11.7. The SMILES string of the molecule is N#Cc1c(F)c(Br)cc(Br)c1N1CCCC1. The van der Waals surface area contributed by atoms with E-state index in [4.69, 9.17) is 5.26 Å². The molecule has 0 bridgehead atoms. The Morgan fingerprint density at radius 2 is 1.88 bits per heavy atom. The first-order valence-corrected chi connectivity index (χ1v) is 6.56. The van der Waals surface area contributed by atoms with E-state index in [2.05, 4.69) is 36.8 Å². The Morgan fingerprint density at radius 3 is 2.44 bits per heavy atom. The van der Waals surface area contributed by atoms with Gasteiger partial charge in [-0.3, -0.25) is 0 Å². The maximum Gasteiger partial charge on any atom is 0.157 e. The molecule has 0 unspecified atom stereocenters. The number of nitriles is 1. The van der Waals surface area contributed by atoms with E-state index in [9.17, 15) is 4.39 Å². The van der Waals surface area contributed by atoms with Crippen LogP contribution in [0.3, 0.4) is 0 Å². The average molecular weight is 348 g/mol.